The maximum atomic E-state index is 12.2. The second-order valence-electron chi connectivity index (χ2n) is 3.47. The van der Waals surface area contributed by atoms with Crippen LogP contribution in [0.1, 0.15) is 29.3 Å². The molecule has 0 aromatic carbocycles. The number of halogens is 4. The Labute approximate surface area is 91.0 Å². The van der Waals surface area contributed by atoms with Crippen LogP contribution in [-0.4, -0.2) is 16.0 Å². The summed E-state index contributed by atoms with van der Waals surface area (Å²) in [5.41, 5.74) is 1.72. The highest BCUT2D eigenvalue weighted by atomic mass is 35.5. The zero-order valence-corrected chi connectivity index (χ0v) is 9.45. The Morgan fingerprint density at radius 3 is 2.27 bits per heavy atom. The van der Waals surface area contributed by atoms with Crippen LogP contribution in [0.4, 0.5) is 13.2 Å². The lowest BCUT2D eigenvalue weighted by atomic mass is 10.1. The van der Waals surface area contributed by atoms with Crippen molar-refractivity contribution in [1.82, 2.24) is 9.78 Å². The van der Waals surface area contributed by atoms with Crippen LogP contribution < -0.4 is 0 Å². The van der Waals surface area contributed by atoms with Gasteiger partial charge in [0, 0.05) is 11.3 Å². The van der Waals surface area contributed by atoms with E-state index in [1.54, 1.807) is 20.8 Å². The van der Waals surface area contributed by atoms with E-state index in [0.29, 0.717) is 17.0 Å². The quantitative estimate of drug-likeness (QED) is 0.725. The number of aryl methyl sites for hydroxylation is 1. The Kier molecular flexibility index (Phi) is 3.33. The summed E-state index contributed by atoms with van der Waals surface area (Å²) < 4.78 is 37.5. The van der Waals surface area contributed by atoms with Crippen LogP contribution in [0.15, 0.2) is 0 Å². The topological polar surface area (TPSA) is 17.8 Å². The van der Waals surface area contributed by atoms with E-state index in [2.05, 4.69) is 5.10 Å². The zero-order valence-electron chi connectivity index (χ0n) is 8.69. The Morgan fingerprint density at radius 1 is 1.40 bits per heavy atom. The third kappa shape index (κ3) is 2.87. The third-order valence-corrected chi connectivity index (χ3v) is 2.38. The molecule has 0 fully saturated rings. The molecule has 0 spiro atoms. The summed E-state index contributed by atoms with van der Waals surface area (Å²) in [6, 6.07) is 0. The van der Waals surface area contributed by atoms with Gasteiger partial charge in [0.05, 0.1) is 11.1 Å². The van der Waals surface area contributed by atoms with E-state index < -0.39 is 12.7 Å². The van der Waals surface area contributed by atoms with Gasteiger partial charge in [-0.3, -0.25) is 4.68 Å². The molecule has 0 aliphatic carbocycles. The fraction of sp³-hybridized carbons (Fsp3) is 0.667. The summed E-state index contributed by atoms with van der Waals surface area (Å²) >= 11 is 5.86. The number of rotatable bonds is 2. The van der Waals surface area contributed by atoms with Crippen LogP contribution in [0.25, 0.3) is 0 Å². The molecule has 0 saturated carbocycles. The average molecular weight is 241 g/mol. The van der Waals surface area contributed by atoms with E-state index in [4.69, 9.17) is 11.6 Å². The van der Waals surface area contributed by atoms with Crippen molar-refractivity contribution in [3.63, 3.8) is 0 Å². The van der Waals surface area contributed by atoms with E-state index >= 15 is 0 Å². The van der Waals surface area contributed by atoms with Gasteiger partial charge in [-0.1, -0.05) is 0 Å². The molecule has 2 nitrogen and oxygen atoms in total. The van der Waals surface area contributed by atoms with Crippen LogP contribution >= 0.6 is 11.6 Å². The molecule has 1 rings (SSSR count). The van der Waals surface area contributed by atoms with E-state index in [1.165, 1.54) is 0 Å². The lowest BCUT2D eigenvalue weighted by Gasteiger charge is -2.09. The molecule has 0 aliphatic rings. The van der Waals surface area contributed by atoms with E-state index in [9.17, 15) is 13.2 Å². The lowest BCUT2D eigenvalue weighted by molar-refractivity contribution is -0.142. The van der Waals surface area contributed by atoms with Crippen molar-refractivity contribution in [2.75, 3.05) is 0 Å². The standard InChI is InChI=1S/C9H12ClF3N2/c1-5(10)8-6(2)14-15(7(8)3)4-9(11,12)13/h5H,4H2,1-3H3. The highest BCUT2D eigenvalue weighted by Crippen LogP contribution is 2.28. The van der Waals surface area contributed by atoms with Gasteiger partial charge in [-0.05, 0) is 20.8 Å². The average Bonchev–Trinajstić information content (AvgIpc) is 2.23. The normalized spacial score (nSPS) is 14.3. The first-order valence-electron chi connectivity index (χ1n) is 4.47. The van der Waals surface area contributed by atoms with Gasteiger partial charge in [-0.15, -0.1) is 11.6 Å². The summed E-state index contributed by atoms with van der Waals surface area (Å²) in [5, 5.41) is 3.50. The van der Waals surface area contributed by atoms with Crippen molar-refractivity contribution in [1.29, 1.82) is 0 Å². The van der Waals surface area contributed by atoms with Crippen LogP contribution in [-0.2, 0) is 6.54 Å². The van der Waals surface area contributed by atoms with Gasteiger partial charge in [-0.25, -0.2) is 0 Å². The molecule has 0 saturated heterocycles. The molecular formula is C9H12ClF3N2. The van der Waals surface area contributed by atoms with Gasteiger partial charge in [0.2, 0.25) is 0 Å². The molecule has 1 unspecified atom stereocenters. The van der Waals surface area contributed by atoms with Crippen molar-refractivity contribution in [3.05, 3.63) is 17.0 Å². The maximum absolute atomic E-state index is 12.2. The molecule has 0 N–H and O–H groups in total. The predicted octanol–water partition coefficient (Wildman–Crippen LogP) is 3.36. The van der Waals surface area contributed by atoms with Crippen molar-refractivity contribution in [2.24, 2.45) is 0 Å². The van der Waals surface area contributed by atoms with Gasteiger partial charge in [0.25, 0.3) is 0 Å². The number of aromatic nitrogens is 2. The first kappa shape index (κ1) is 12.4. The molecule has 86 valence electrons. The summed E-state index contributed by atoms with van der Waals surface area (Å²) in [6.07, 6.45) is -4.25. The molecule has 0 radical (unpaired) electrons. The van der Waals surface area contributed by atoms with Crippen LogP contribution in [0.2, 0.25) is 0 Å². The summed E-state index contributed by atoms with van der Waals surface area (Å²) in [7, 11) is 0. The Morgan fingerprint density at radius 2 is 1.93 bits per heavy atom. The molecule has 0 bridgehead atoms. The number of nitrogens with zero attached hydrogens (tertiary/aromatic N) is 2. The molecule has 1 aromatic rings. The fourth-order valence-electron chi connectivity index (χ4n) is 1.61. The Balaban J connectivity index is 3.07. The smallest absolute Gasteiger partial charge is 0.260 e. The number of alkyl halides is 4. The van der Waals surface area contributed by atoms with Crippen LogP contribution in [0, 0.1) is 13.8 Å². The second kappa shape index (κ2) is 4.04. The highest BCUT2D eigenvalue weighted by molar-refractivity contribution is 6.20. The summed E-state index contributed by atoms with van der Waals surface area (Å²) in [4.78, 5) is 0. The maximum Gasteiger partial charge on any atom is 0.408 e. The molecule has 1 aromatic heterocycles. The minimum absolute atomic E-state index is 0.327. The van der Waals surface area contributed by atoms with Gasteiger partial charge >= 0.3 is 6.18 Å². The summed E-state index contributed by atoms with van der Waals surface area (Å²) in [6.45, 7) is 3.91. The molecule has 0 amide bonds. The first-order valence-corrected chi connectivity index (χ1v) is 4.90. The summed E-state index contributed by atoms with van der Waals surface area (Å²) in [5.74, 6) is 0. The highest BCUT2D eigenvalue weighted by Gasteiger charge is 2.30. The van der Waals surface area contributed by atoms with Gasteiger partial charge in [-0.2, -0.15) is 18.3 Å². The van der Waals surface area contributed by atoms with Gasteiger partial charge < -0.3 is 0 Å². The van der Waals surface area contributed by atoms with Crippen molar-refractivity contribution in [3.8, 4) is 0 Å². The molecule has 1 atom stereocenters. The molecule has 1 heterocycles. The largest absolute Gasteiger partial charge is 0.408 e. The first-order chi connectivity index (χ1) is 6.72. The molecule has 6 heteroatoms. The minimum Gasteiger partial charge on any atom is -0.260 e. The Hall–Kier alpha value is -0.710. The van der Waals surface area contributed by atoms with Gasteiger partial charge in [0.1, 0.15) is 6.54 Å². The Bertz CT molecular complexity index is 355. The number of hydrogen-bond donors (Lipinski definition) is 0. The van der Waals surface area contributed by atoms with Crippen molar-refractivity contribution < 1.29 is 13.2 Å². The lowest BCUT2D eigenvalue weighted by Crippen LogP contribution is -2.19. The second-order valence-corrected chi connectivity index (χ2v) is 4.13. The fourth-order valence-corrected chi connectivity index (χ4v) is 1.93. The van der Waals surface area contributed by atoms with Crippen LogP contribution in [0.5, 0.6) is 0 Å². The zero-order chi connectivity index (χ0) is 11.8. The number of hydrogen-bond acceptors (Lipinski definition) is 1. The van der Waals surface area contributed by atoms with E-state index in [0.717, 1.165) is 4.68 Å². The molecular weight excluding hydrogens is 229 g/mol. The monoisotopic (exact) mass is 240 g/mol. The SMILES string of the molecule is Cc1nn(CC(F)(F)F)c(C)c1C(C)Cl. The van der Waals surface area contributed by atoms with Crippen molar-refractivity contribution >= 4 is 11.6 Å². The van der Waals surface area contributed by atoms with Gasteiger partial charge in [0.15, 0.2) is 0 Å². The van der Waals surface area contributed by atoms with Crippen LogP contribution in [0.3, 0.4) is 0 Å². The molecule has 15 heavy (non-hydrogen) atoms. The molecule has 0 aliphatic heterocycles. The van der Waals surface area contributed by atoms with E-state index in [-0.39, 0.29) is 5.38 Å². The predicted molar refractivity (Wildman–Crippen MR) is 52.0 cm³/mol. The third-order valence-electron chi connectivity index (χ3n) is 2.16. The minimum atomic E-state index is -4.25. The van der Waals surface area contributed by atoms with E-state index in [1.807, 2.05) is 0 Å². The van der Waals surface area contributed by atoms with Crippen molar-refractivity contribution in [2.45, 2.75) is 38.9 Å².